The molecule has 4 nitrogen and oxygen atoms in total. The third kappa shape index (κ3) is 2.60. The molecule has 2 unspecified atom stereocenters. The molecule has 5 heteroatoms. The van der Waals surface area contributed by atoms with Crippen molar-refractivity contribution in [1.29, 1.82) is 0 Å². The van der Waals surface area contributed by atoms with Gasteiger partial charge < -0.3 is 10.2 Å². The van der Waals surface area contributed by atoms with Crippen LogP contribution in [0, 0.1) is 0 Å². The molecule has 0 bridgehead atoms. The second-order valence-electron chi connectivity index (χ2n) is 6.67. The SMILES string of the molecule is CNC1CCCc2nc(N3CCC(N4CCCC4)C3)sc21. The molecule has 2 aliphatic heterocycles. The fourth-order valence-corrected chi connectivity index (χ4v) is 5.43. The summed E-state index contributed by atoms with van der Waals surface area (Å²) in [4.78, 5) is 11.7. The Kier molecular flexibility index (Phi) is 3.90. The third-order valence-corrected chi connectivity index (χ3v) is 6.65. The topological polar surface area (TPSA) is 31.4 Å². The number of rotatable bonds is 3. The zero-order chi connectivity index (χ0) is 14.2. The van der Waals surface area contributed by atoms with Crippen LogP contribution in [0.2, 0.25) is 0 Å². The van der Waals surface area contributed by atoms with Crippen molar-refractivity contribution < 1.29 is 0 Å². The van der Waals surface area contributed by atoms with Crippen LogP contribution < -0.4 is 10.2 Å². The first-order chi connectivity index (χ1) is 10.3. The molecule has 1 aromatic rings. The molecule has 116 valence electrons. The molecule has 1 aliphatic carbocycles. The van der Waals surface area contributed by atoms with Gasteiger partial charge in [0.2, 0.25) is 0 Å². The highest BCUT2D eigenvalue weighted by atomic mass is 32.1. The van der Waals surface area contributed by atoms with Crippen molar-refractivity contribution in [2.75, 3.05) is 38.1 Å². The van der Waals surface area contributed by atoms with Crippen molar-refractivity contribution in [3.05, 3.63) is 10.6 Å². The summed E-state index contributed by atoms with van der Waals surface area (Å²) in [6.07, 6.45) is 7.82. The van der Waals surface area contributed by atoms with Crippen molar-refractivity contribution in [2.24, 2.45) is 0 Å². The van der Waals surface area contributed by atoms with E-state index < -0.39 is 0 Å². The lowest BCUT2D eigenvalue weighted by Crippen LogP contribution is -2.35. The Labute approximate surface area is 131 Å². The number of thiazole rings is 1. The molecule has 3 aliphatic rings. The molecule has 0 saturated carbocycles. The Hall–Kier alpha value is -0.650. The van der Waals surface area contributed by atoms with Crippen molar-refractivity contribution in [2.45, 2.75) is 50.6 Å². The van der Waals surface area contributed by atoms with E-state index in [1.165, 1.54) is 80.4 Å². The average molecular weight is 306 g/mol. The highest BCUT2D eigenvalue weighted by Gasteiger charge is 2.32. The van der Waals surface area contributed by atoms with E-state index in [-0.39, 0.29) is 0 Å². The Bertz CT molecular complexity index is 494. The van der Waals surface area contributed by atoms with Gasteiger partial charge in [0, 0.05) is 30.1 Å². The van der Waals surface area contributed by atoms with Crippen LogP contribution in [0.4, 0.5) is 5.13 Å². The van der Waals surface area contributed by atoms with Crippen LogP contribution >= 0.6 is 11.3 Å². The lowest BCUT2D eigenvalue weighted by atomic mass is 9.98. The van der Waals surface area contributed by atoms with Gasteiger partial charge in [-0.3, -0.25) is 4.90 Å². The summed E-state index contributed by atoms with van der Waals surface area (Å²) >= 11 is 1.94. The molecule has 0 radical (unpaired) electrons. The van der Waals surface area contributed by atoms with E-state index in [2.05, 4.69) is 22.2 Å². The summed E-state index contributed by atoms with van der Waals surface area (Å²) in [6.45, 7) is 5.01. The smallest absolute Gasteiger partial charge is 0.185 e. The van der Waals surface area contributed by atoms with Gasteiger partial charge in [0.25, 0.3) is 0 Å². The number of hydrogen-bond donors (Lipinski definition) is 1. The molecule has 1 N–H and O–H groups in total. The molecule has 0 aromatic carbocycles. The Balaban J connectivity index is 1.48. The van der Waals surface area contributed by atoms with Gasteiger partial charge in [0.05, 0.1) is 5.69 Å². The zero-order valence-electron chi connectivity index (χ0n) is 13.0. The van der Waals surface area contributed by atoms with Gasteiger partial charge in [-0.25, -0.2) is 4.98 Å². The van der Waals surface area contributed by atoms with Crippen LogP contribution in [0.25, 0.3) is 0 Å². The van der Waals surface area contributed by atoms with Gasteiger partial charge in [-0.05, 0) is 58.7 Å². The second-order valence-corrected chi connectivity index (χ2v) is 7.68. The van der Waals surface area contributed by atoms with E-state index in [4.69, 9.17) is 4.98 Å². The minimum Gasteiger partial charge on any atom is -0.346 e. The summed E-state index contributed by atoms with van der Waals surface area (Å²) < 4.78 is 0. The Morgan fingerprint density at radius 1 is 1.14 bits per heavy atom. The number of aromatic nitrogens is 1. The van der Waals surface area contributed by atoms with E-state index in [1.54, 1.807) is 0 Å². The van der Waals surface area contributed by atoms with Gasteiger partial charge >= 0.3 is 0 Å². The monoisotopic (exact) mass is 306 g/mol. The van der Waals surface area contributed by atoms with Crippen LogP contribution in [0.5, 0.6) is 0 Å². The molecule has 1 aromatic heterocycles. The van der Waals surface area contributed by atoms with Crippen LogP contribution in [0.3, 0.4) is 0 Å². The maximum atomic E-state index is 4.98. The zero-order valence-corrected chi connectivity index (χ0v) is 13.8. The summed E-state index contributed by atoms with van der Waals surface area (Å²) in [7, 11) is 2.08. The number of aryl methyl sites for hydroxylation is 1. The lowest BCUT2D eigenvalue weighted by Gasteiger charge is -2.23. The molecule has 3 heterocycles. The van der Waals surface area contributed by atoms with Crippen molar-refractivity contribution in [1.82, 2.24) is 15.2 Å². The minimum absolute atomic E-state index is 0.539. The summed E-state index contributed by atoms with van der Waals surface area (Å²) in [5, 5.41) is 4.74. The van der Waals surface area contributed by atoms with E-state index in [0.717, 1.165) is 6.04 Å². The van der Waals surface area contributed by atoms with Gasteiger partial charge in [0.1, 0.15) is 0 Å². The van der Waals surface area contributed by atoms with E-state index in [9.17, 15) is 0 Å². The summed E-state index contributed by atoms with van der Waals surface area (Å²) in [5.74, 6) is 0. The summed E-state index contributed by atoms with van der Waals surface area (Å²) in [6, 6.07) is 1.31. The van der Waals surface area contributed by atoms with E-state index in [1.807, 2.05) is 11.3 Å². The number of fused-ring (bicyclic) bond motifs is 1. The van der Waals surface area contributed by atoms with Crippen LogP contribution in [-0.2, 0) is 6.42 Å². The van der Waals surface area contributed by atoms with Crippen molar-refractivity contribution >= 4 is 16.5 Å². The molecule has 0 spiro atoms. The number of nitrogens with one attached hydrogen (secondary N) is 1. The van der Waals surface area contributed by atoms with Gasteiger partial charge in [-0.1, -0.05) is 11.3 Å². The normalized spacial score (nSPS) is 30.0. The third-order valence-electron chi connectivity index (χ3n) is 5.38. The number of nitrogens with zero attached hydrogens (tertiary/aromatic N) is 3. The highest BCUT2D eigenvalue weighted by molar-refractivity contribution is 7.15. The van der Waals surface area contributed by atoms with E-state index in [0.29, 0.717) is 6.04 Å². The van der Waals surface area contributed by atoms with Crippen LogP contribution in [-0.4, -0.2) is 49.2 Å². The first-order valence-corrected chi connectivity index (χ1v) is 9.32. The molecular formula is C16H26N4S. The van der Waals surface area contributed by atoms with Crippen molar-refractivity contribution in [3.63, 3.8) is 0 Å². The van der Waals surface area contributed by atoms with Gasteiger partial charge in [-0.2, -0.15) is 0 Å². The quantitative estimate of drug-likeness (QED) is 0.929. The largest absolute Gasteiger partial charge is 0.346 e. The molecule has 4 rings (SSSR count). The number of hydrogen-bond acceptors (Lipinski definition) is 5. The highest BCUT2D eigenvalue weighted by Crippen LogP contribution is 2.38. The lowest BCUT2D eigenvalue weighted by molar-refractivity contribution is 0.260. The molecule has 2 atom stereocenters. The Morgan fingerprint density at radius 3 is 2.81 bits per heavy atom. The fraction of sp³-hybridized carbons (Fsp3) is 0.812. The van der Waals surface area contributed by atoms with Gasteiger partial charge in [0.15, 0.2) is 5.13 Å². The first kappa shape index (κ1) is 14.0. The molecule has 2 fully saturated rings. The predicted molar refractivity (Wildman–Crippen MR) is 88.3 cm³/mol. The van der Waals surface area contributed by atoms with Crippen LogP contribution in [0.1, 0.15) is 48.7 Å². The second kappa shape index (κ2) is 5.86. The number of anilines is 1. The standard InChI is InChI=1S/C16H26N4S/c1-17-13-5-4-6-14-15(13)21-16(18-14)20-10-7-12(11-20)19-8-2-3-9-19/h12-13,17H,2-11H2,1H3. The maximum absolute atomic E-state index is 4.98. The van der Waals surface area contributed by atoms with Gasteiger partial charge in [-0.15, -0.1) is 0 Å². The summed E-state index contributed by atoms with van der Waals surface area (Å²) in [5.41, 5.74) is 1.37. The van der Waals surface area contributed by atoms with Crippen LogP contribution in [0.15, 0.2) is 0 Å². The van der Waals surface area contributed by atoms with Crippen molar-refractivity contribution in [3.8, 4) is 0 Å². The molecule has 0 amide bonds. The number of likely N-dealkylation sites (tertiary alicyclic amines) is 1. The molecule has 21 heavy (non-hydrogen) atoms. The van der Waals surface area contributed by atoms with E-state index >= 15 is 0 Å². The molecular weight excluding hydrogens is 280 g/mol. The minimum atomic E-state index is 0.539. The predicted octanol–water partition coefficient (Wildman–Crippen LogP) is 2.41. The molecule has 2 saturated heterocycles. The fourth-order valence-electron chi connectivity index (χ4n) is 4.14. The Morgan fingerprint density at radius 2 is 2.00 bits per heavy atom. The average Bonchev–Trinajstić information content (AvgIpc) is 3.23. The first-order valence-electron chi connectivity index (χ1n) is 8.51. The maximum Gasteiger partial charge on any atom is 0.185 e.